The molecule has 0 aromatic heterocycles. The molecule has 0 rings (SSSR count). The Hall–Kier alpha value is -0.160. The van der Waals surface area contributed by atoms with E-state index in [1.54, 1.807) is 13.8 Å². The predicted molar refractivity (Wildman–Crippen MR) is 119 cm³/mol. The van der Waals surface area contributed by atoms with Crippen LogP contribution in [0.3, 0.4) is 0 Å². The lowest BCUT2D eigenvalue weighted by atomic mass is 9.66. The van der Waals surface area contributed by atoms with E-state index in [-0.39, 0.29) is 22.2 Å². The Kier molecular flexibility index (Phi) is 10.7. The maximum atomic E-state index is 10.0. The van der Waals surface area contributed by atoms with Gasteiger partial charge in [0, 0.05) is 13.2 Å². The van der Waals surface area contributed by atoms with Gasteiger partial charge in [-0.1, -0.05) is 13.3 Å². The van der Waals surface area contributed by atoms with Crippen LogP contribution in [0.15, 0.2) is 0 Å². The molecule has 28 heavy (non-hydrogen) atoms. The predicted octanol–water partition coefficient (Wildman–Crippen LogP) is 6.14. The van der Waals surface area contributed by atoms with E-state index in [2.05, 4.69) is 62.3 Å². The van der Waals surface area contributed by atoms with Crippen molar-refractivity contribution in [2.75, 3.05) is 19.8 Å². The molecule has 0 saturated heterocycles. The molecule has 4 nitrogen and oxygen atoms in total. The molecule has 0 atom stereocenters. The molecule has 1 N–H and O–H groups in total. The van der Waals surface area contributed by atoms with Crippen molar-refractivity contribution < 1.29 is 19.3 Å². The molecule has 0 aliphatic rings. The van der Waals surface area contributed by atoms with Gasteiger partial charge in [0.1, 0.15) is 0 Å². The molecule has 170 valence electrons. The lowest BCUT2D eigenvalue weighted by molar-refractivity contribution is -0.112. The van der Waals surface area contributed by atoms with E-state index < -0.39 is 5.60 Å². The van der Waals surface area contributed by atoms with Gasteiger partial charge in [-0.25, -0.2) is 0 Å². The minimum Gasteiger partial charge on any atom is -0.388 e. The van der Waals surface area contributed by atoms with Gasteiger partial charge in [0.2, 0.25) is 0 Å². The number of hydrogen-bond donors (Lipinski definition) is 1. The summed E-state index contributed by atoms with van der Waals surface area (Å²) in [5, 5.41) is 10.0. The van der Waals surface area contributed by atoms with E-state index in [1.807, 2.05) is 0 Å². The molecule has 0 aliphatic heterocycles. The molecule has 0 spiro atoms. The van der Waals surface area contributed by atoms with Crippen molar-refractivity contribution in [3.8, 4) is 0 Å². The van der Waals surface area contributed by atoms with Crippen LogP contribution in [0.1, 0.15) is 108 Å². The largest absolute Gasteiger partial charge is 0.388 e. The van der Waals surface area contributed by atoms with Crippen molar-refractivity contribution >= 4 is 0 Å². The zero-order valence-corrected chi connectivity index (χ0v) is 20.8. The fourth-order valence-corrected chi connectivity index (χ4v) is 4.37. The number of aliphatic hydroxyl groups is 1. The van der Waals surface area contributed by atoms with Crippen LogP contribution < -0.4 is 0 Å². The molecule has 4 heteroatoms. The Morgan fingerprint density at radius 1 is 0.607 bits per heavy atom. The fraction of sp³-hybridized carbons (Fsp3) is 1.00. The molecule has 0 radical (unpaired) electrons. The summed E-state index contributed by atoms with van der Waals surface area (Å²) < 4.78 is 18.2. The van der Waals surface area contributed by atoms with Crippen molar-refractivity contribution in [1.29, 1.82) is 0 Å². The summed E-state index contributed by atoms with van der Waals surface area (Å²) in [6.45, 7) is 24.8. The lowest BCUT2D eigenvalue weighted by Gasteiger charge is -2.45. The molecular weight excluding hydrogens is 352 g/mol. The van der Waals surface area contributed by atoms with E-state index in [4.69, 9.17) is 14.2 Å². The minimum absolute atomic E-state index is 0.104. The first-order chi connectivity index (χ1) is 12.5. The van der Waals surface area contributed by atoms with Crippen LogP contribution in [0, 0.1) is 5.41 Å². The van der Waals surface area contributed by atoms with Gasteiger partial charge >= 0.3 is 0 Å². The second-order valence-corrected chi connectivity index (χ2v) is 11.0. The minimum atomic E-state index is -0.812. The summed E-state index contributed by atoms with van der Waals surface area (Å²) in [6.07, 6.45) is 5.02. The highest BCUT2D eigenvalue weighted by Gasteiger charge is 2.41. The molecule has 0 bridgehead atoms. The Balaban J connectivity index is 5.46. The smallest absolute Gasteiger partial charge is 0.0824 e. The molecule has 0 saturated carbocycles. The topological polar surface area (TPSA) is 47.9 Å². The average Bonchev–Trinajstić information content (AvgIpc) is 2.49. The SMILES string of the molecule is CCOC(C)(C)CC(CC)(CCC(C)(C)OCC(C)(C)O)CC(C)(C)OCC. The third-order valence-corrected chi connectivity index (χ3v) is 5.50. The molecule has 0 aromatic rings. The Bertz CT molecular complexity index is 412. The van der Waals surface area contributed by atoms with E-state index in [1.165, 1.54) is 0 Å². The van der Waals surface area contributed by atoms with Crippen molar-refractivity contribution in [2.45, 2.75) is 131 Å². The van der Waals surface area contributed by atoms with Crippen molar-refractivity contribution in [2.24, 2.45) is 5.41 Å². The molecule has 0 fully saturated rings. The third-order valence-electron chi connectivity index (χ3n) is 5.50. The summed E-state index contributed by atoms with van der Waals surface area (Å²) in [6, 6.07) is 0. The zero-order valence-electron chi connectivity index (χ0n) is 20.8. The van der Waals surface area contributed by atoms with Gasteiger partial charge in [-0.15, -0.1) is 0 Å². The Morgan fingerprint density at radius 3 is 1.36 bits per heavy atom. The first-order valence-electron chi connectivity index (χ1n) is 11.2. The molecule has 0 aliphatic carbocycles. The summed E-state index contributed by atoms with van der Waals surface area (Å²) in [5.74, 6) is 0. The monoisotopic (exact) mass is 402 g/mol. The molecule has 0 aromatic carbocycles. The van der Waals surface area contributed by atoms with Gasteiger partial charge < -0.3 is 19.3 Å². The van der Waals surface area contributed by atoms with Crippen molar-refractivity contribution in [3.63, 3.8) is 0 Å². The normalized spacial score (nSPS) is 14.6. The van der Waals surface area contributed by atoms with Crippen LogP contribution in [0.25, 0.3) is 0 Å². The third kappa shape index (κ3) is 11.7. The van der Waals surface area contributed by atoms with Crippen LogP contribution in [0.2, 0.25) is 0 Å². The second kappa shape index (κ2) is 10.7. The van der Waals surface area contributed by atoms with Gasteiger partial charge in [-0.2, -0.15) is 0 Å². The van der Waals surface area contributed by atoms with E-state index in [9.17, 15) is 5.11 Å². The maximum Gasteiger partial charge on any atom is 0.0824 e. The zero-order chi connectivity index (χ0) is 22.3. The highest BCUT2D eigenvalue weighted by atomic mass is 16.5. The number of ether oxygens (including phenoxy) is 3. The first-order valence-corrected chi connectivity index (χ1v) is 11.2. The van der Waals surface area contributed by atoms with Gasteiger partial charge in [-0.3, -0.25) is 0 Å². The number of rotatable bonds is 15. The van der Waals surface area contributed by atoms with Gasteiger partial charge in [0.25, 0.3) is 0 Å². The Labute approximate surface area is 175 Å². The van der Waals surface area contributed by atoms with Crippen LogP contribution >= 0.6 is 0 Å². The summed E-state index contributed by atoms with van der Waals surface area (Å²) in [7, 11) is 0. The Morgan fingerprint density at radius 2 is 1.04 bits per heavy atom. The van der Waals surface area contributed by atoms with Crippen LogP contribution in [0.5, 0.6) is 0 Å². The van der Waals surface area contributed by atoms with E-state index >= 15 is 0 Å². The second-order valence-electron chi connectivity index (χ2n) is 11.0. The first kappa shape index (κ1) is 27.8. The molecule has 0 unspecified atom stereocenters. The highest BCUT2D eigenvalue weighted by molar-refractivity contribution is 4.92. The van der Waals surface area contributed by atoms with Crippen LogP contribution in [0.4, 0.5) is 0 Å². The van der Waals surface area contributed by atoms with Crippen LogP contribution in [-0.4, -0.2) is 47.3 Å². The molecule has 0 heterocycles. The average molecular weight is 403 g/mol. The number of hydrogen-bond acceptors (Lipinski definition) is 4. The fourth-order valence-electron chi connectivity index (χ4n) is 4.37. The lowest BCUT2D eigenvalue weighted by Crippen LogP contribution is -2.42. The van der Waals surface area contributed by atoms with E-state index in [0.717, 1.165) is 45.3 Å². The summed E-state index contributed by atoms with van der Waals surface area (Å²) in [5.41, 5.74) is -1.35. The quantitative estimate of drug-likeness (QED) is 0.357. The molecule has 0 amide bonds. The van der Waals surface area contributed by atoms with Gasteiger partial charge in [0.15, 0.2) is 0 Å². The van der Waals surface area contributed by atoms with E-state index in [0.29, 0.717) is 6.61 Å². The van der Waals surface area contributed by atoms with Crippen molar-refractivity contribution in [3.05, 3.63) is 0 Å². The maximum absolute atomic E-state index is 10.0. The highest BCUT2D eigenvalue weighted by Crippen LogP contribution is 2.46. The standard InChI is InChI=1S/C24H50O4/c1-12-24(17-22(8,9)26-13-2,18-23(10,11)27-14-3)16-15-21(6,7)28-19-20(4,5)25/h25H,12-19H2,1-11H3. The molecular formula is C24H50O4. The summed E-state index contributed by atoms with van der Waals surface area (Å²) >= 11 is 0. The summed E-state index contributed by atoms with van der Waals surface area (Å²) in [4.78, 5) is 0. The van der Waals surface area contributed by atoms with Crippen molar-refractivity contribution in [1.82, 2.24) is 0 Å². The van der Waals surface area contributed by atoms with Crippen LogP contribution in [-0.2, 0) is 14.2 Å². The van der Waals surface area contributed by atoms with Gasteiger partial charge in [0.05, 0.1) is 29.0 Å². The van der Waals surface area contributed by atoms with Gasteiger partial charge in [-0.05, 0) is 100 Å².